The van der Waals surface area contributed by atoms with E-state index in [4.69, 9.17) is 9.15 Å². The fourth-order valence-corrected chi connectivity index (χ4v) is 5.05. The van der Waals surface area contributed by atoms with E-state index < -0.39 is 29.2 Å². The number of benzene rings is 2. The average molecular weight is 464 g/mol. The van der Waals surface area contributed by atoms with Gasteiger partial charge in [-0.25, -0.2) is 14.2 Å². The number of aromatic nitrogens is 1. The Hall–Kier alpha value is -3.85. The Labute approximate surface area is 191 Å². The van der Waals surface area contributed by atoms with E-state index in [9.17, 15) is 18.8 Å². The van der Waals surface area contributed by atoms with Gasteiger partial charge in [0.1, 0.15) is 22.3 Å². The number of thiazole rings is 1. The first kappa shape index (κ1) is 21.0. The monoisotopic (exact) mass is 464 g/mol. The zero-order valence-corrected chi connectivity index (χ0v) is 18.7. The Balaban J connectivity index is 1.81. The summed E-state index contributed by atoms with van der Waals surface area (Å²) in [7, 11) is 1.25. The highest BCUT2D eigenvalue weighted by Crippen LogP contribution is 2.43. The van der Waals surface area contributed by atoms with Crippen molar-refractivity contribution in [2.75, 3.05) is 12.0 Å². The topological polar surface area (TPSA) is 89.7 Å². The van der Waals surface area contributed by atoms with Gasteiger partial charge in [-0.2, -0.15) is 0 Å². The summed E-state index contributed by atoms with van der Waals surface area (Å²) in [4.78, 5) is 45.0. The third-order valence-corrected chi connectivity index (χ3v) is 6.72. The molecule has 0 radical (unpaired) electrons. The maximum absolute atomic E-state index is 15.0. The number of fused-ring (bicyclic) bond motifs is 2. The second-order valence-corrected chi connectivity index (χ2v) is 8.65. The number of hydrogen-bond acceptors (Lipinski definition) is 7. The third kappa shape index (κ3) is 3.15. The van der Waals surface area contributed by atoms with Gasteiger partial charge in [-0.05, 0) is 32.0 Å². The largest absolute Gasteiger partial charge is 0.465 e. The third-order valence-electron chi connectivity index (χ3n) is 5.59. The Morgan fingerprint density at radius 2 is 1.94 bits per heavy atom. The first-order chi connectivity index (χ1) is 15.8. The number of anilines is 1. The second-order valence-electron chi connectivity index (χ2n) is 7.68. The summed E-state index contributed by atoms with van der Waals surface area (Å²) in [6.07, 6.45) is 0. The normalized spacial score (nSPS) is 15.2. The SMILES string of the molecule is COC(=O)c1sc(N2C(=O)c3oc4ccc(C)cc4c(=O)c3[C@@H]2c2ccccc2F)nc1C. The Kier molecular flexibility index (Phi) is 4.86. The van der Waals surface area contributed by atoms with Gasteiger partial charge in [0.2, 0.25) is 5.76 Å². The molecule has 166 valence electrons. The van der Waals surface area contributed by atoms with Crippen molar-refractivity contribution < 1.29 is 23.1 Å². The number of aryl methyl sites for hydroxylation is 2. The molecule has 2 aromatic heterocycles. The lowest BCUT2D eigenvalue weighted by Gasteiger charge is -2.22. The minimum atomic E-state index is -1.11. The van der Waals surface area contributed by atoms with E-state index in [1.54, 1.807) is 31.2 Å². The van der Waals surface area contributed by atoms with Crippen LogP contribution in [0, 0.1) is 19.7 Å². The highest BCUT2D eigenvalue weighted by Gasteiger charge is 2.46. The molecule has 2 aromatic carbocycles. The van der Waals surface area contributed by atoms with E-state index in [2.05, 4.69) is 4.98 Å². The molecular formula is C24H17FN2O5S. The number of esters is 1. The number of carbonyl (C=O) groups is 2. The van der Waals surface area contributed by atoms with Crippen LogP contribution in [0.15, 0.2) is 51.7 Å². The van der Waals surface area contributed by atoms with Gasteiger partial charge in [0.05, 0.1) is 23.8 Å². The van der Waals surface area contributed by atoms with Crippen LogP contribution in [-0.4, -0.2) is 24.0 Å². The predicted octanol–water partition coefficient (Wildman–Crippen LogP) is 4.54. The molecule has 1 atom stereocenters. The summed E-state index contributed by atoms with van der Waals surface area (Å²) in [5.74, 6) is -1.99. The van der Waals surface area contributed by atoms with Crippen LogP contribution in [0.2, 0.25) is 0 Å². The molecule has 9 heteroatoms. The summed E-state index contributed by atoms with van der Waals surface area (Å²) in [5, 5.41) is 0.437. The van der Waals surface area contributed by atoms with Crippen LogP contribution in [0.25, 0.3) is 11.0 Å². The van der Waals surface area contributed by atoms with Gasteiger partial charge in [0, 0.05) is 5.56 Å². The first-order valence-corrected chi connectivity index (χ1v) is 10.8. The Morgan fingerprint density at radius 3 is 2.67 bits per heavy atom. The van der Waals surface area contributed by atoms with Crippen molar-refractivity contribution in [3.63, 3.8) is 0 Å². The van der Waals surface area contributed by atoms with Crippen molar-refractivity contribution >= 4 is 39.3 Å². The van der Waals surface area contributed by atoms with Gasteiger partial charge >= 0.3 is 5.97 Å². The van der Waals surface area contributed by atoms with Crippen LogP contribution in [-0.2, 0) is 4.74 Å². The molecule has 0 bridgehead atoms. The smallest absolute Gasteiger partial charge is 0.350 e. The molecule has 0 saturated heterocycles. The van der Waals surface area contributed by atoms with E-state index >= 15 is 0 Å². The molecule has 0 saturated carbocycles. The molecule has 0 aliphatic carbocycles. The van der Waals surface area contributed by atoms with E-state index in [-0.39, 0.29) is 32.5 Å². The number of ether oxygens (including phenoxy) is 1. The standard InChI is InChI=1S/C24H17FN2O5S/c1-11-8-9-16-14(10-11)19(28)17-18(13-6-4-5-7-15(13)25)27(22(29)20(17)32-16)24-26-12(2)21(33-24)23(30)31-3/h4-10,18H,1-3H3/t18-/m0/s1. The summed E-state index contributed by atoms with van der Waals surface area (Å²) in [6, 6.07) is 9.89. The molecule has 4 aromatic rings. The number of halogens is 1. The minimum Gasteiger partial charge on any atom is -0.465 e. The van der Waals surface area contributed by atoms with Gasteiger partial charge in [0.15, 0.2) is 10.6 Å². The summed E-state index contributed by atoms with van der Waals surface area (Å²) in [6.45, 7) is 3.45. The molecule has 1 aliphatic rings. The molecular weight excluding hydrogens is 447 g/mol. The lowest BCUT2D eigenvalue weighted by Crippen LogP contribution is -2.30. The number of rotatable bonds is 3. The molecule has 1 aliphatic heterocycles. The maximum Gasteiger partial charge on any atom is 0.350 e. The quantitative estimate of drug-likeness (QED) is 0.414. The highest BCUT2D eigenvalue weighted by atomic mass is 32.1. The van der Waals surface area contributed by atoms with E-state index in [0.717, 1.165) is 16.9 Å². The second kappa shape index (κ2) is 7.63. The molecule has 0 N–H and O–H groups in total. The average Bonchev–Trinajstić information content (AvgIpc) is 3.31. The number of nitrogens with zero attached hydrogens (tertiary/aromatic N) is 2. The molecule has 1 amide bonds. The van der Waals surface area contributed by atoms with Crippen LogP contribution >= 0.6 is 11.3 Å². The van der Waals surface area contributed by atoms with Gasteiger partial charge in [0.25, 0.3) is 5.91 Å². The van der Waals surface area contributed by atoms with Crippen LogP contribution < -0.4 is 10.3 Å². The van der Waals surface area contributed by atoms with Gasteiger partial charge in [-0.15, -0.1) is 0 Å². The van der Waals surface area contributed by atoms with Crippen LogP contribution in [0.3, 0.4) is 0 Å². The summed E-state index contributed by atoms with van der Waals surface area (Å²) >= 11 is 0.934. The number of carbonyl (C=O) groups excluding carboxylic acids is 2. The Morgan fingerprint density at radius 1 is 1.18 bits per heavy atom. The molecule has 7 nitrogen and oxygen atoms in total. The molecule has 3 heterocycles. The lowest BCUT2D eigenvalue weighted by atomic mass is 9.98. The number of amides is 1. The maximum atomic E-state index is 15.0. The summed E-state index contributed by atoms with van der Waals surface area (Å²) < 4.78 is 25.6. The van der Waals surface area contributed by atoms with E-state index in [1.165, 1.54) is 30.2 Å². The highest BCUT2D eigenvalue weighted by molar-refractivity contribution is 7.17. The predicted molar refractivity (Wildman–Crippen MR) is 120 cm³/mol. The summed E-state index contributed by atoms with van der Waals surface area (Å²) in [5.41, 5.74) is 1.21. The zero-order valence-electron chi connectivity index (χ0n) is 17.8. The van der Waals surface area contributed by atoms with Crippen LogP contribution in [0.1, 0.15) is 48.7 Å². The molecule has 33 heavy (non-hydrogen) atoms. The molecule has 0 unspecified atom stereocenters. The van der Waals surface area contributed by atoms with Crippen molar-refractivity contribution in [1.29, 1.82) is 0 Å². The Bertz CT molecular complexity index is 1520. The van der Waals surface area contributed by atoms with Gasteiger partial charge in [-0.3, -0.25) is 14.5 Å². The van der Waals surface area contributed by atoms with Crippen LogP contribution in [0.5, 0.6) is 0 Å². The minimum absolute atomic E-state index is 0.0377. The fraction of sp³-hybridized carbons (Fsp3) is 0.167. The van der Waals surface area contributed by atoms with E-state index in [1.807, 2.05) is 6.92 Å². The fourth-order valence-electron chi connectivity index (χ4n) is 4.04. The van der Waals surface area contributed by atoms with Gasteiger partial charge < -0.3 is 9.15 Å². The zero-order chi connectivity index (χ0) is 23.4. The van der Waals surface area contributed by atoms with Gasteiger partial charge in [-0.1, -0.05) is 41.2 Å². The van der Waals surface area contributed by atoms with Crippen molar-refractivity contribution in [3.05, 3.63) is 91.5 Å². The molecule has 5 rings (SSSR count). The van der Waals surface area contributed by atoms with Crippen molar-refractivity contribution in [2.24, 2.45) is 0 Å². The van der Waals surface area contributed by atoms with Crippen LogP contribution in [0.4, 0.5) is 9.52 Å². The lowest BCUT2D eigenvalue weighted by molar-refractivity contribution is 0.0605. The number of hydrogen-bond donors (Lipinski definition) is 0. The number of methoxy groups -OCH3 is 1. The van der Waals surface area contributed by atoms with E-state index in [0.29, 0.717) is 11.1 Å². The van der Waals surface area contributed by atoms with Crippen molar-refractivity contribution in [1.82, 2.24) is 4.98 Å². The first-order valence-electron chi connectivity index (χ1n) is 10.0. The molecule has 0 spiro atoms. The van der Waals surface area contributed by atoms with Crippen molar-refractivity contribution in [3.8, 4) is 0 Å². The molecule has 0 fully saturated rings. The van der Waals surface area contributed by atoms with Crippen molar-refractivity contribution in [2.45, 2.75) is 19.9 Å².